The normalized spacial score (nSPS) is 14.5. The molecule has 184 valence electrons. The number of hydrogen-bond donors (Lipinski definition) is 1. The predicted molar refractivity (Wildman–Crippen MR) is 163 cm³/mol. The first-order chi connectivity index (χ1) is 22.7. The monoisotopic (exact) mass is 508 g/mol. The third kappa shape index (κ3) is 3.52. The molecule has 0 aliphatic carbocycles. The van der Waals surface area contributed by atoms with Crippen molar-refractivity contribution in [2.24, 2.45) is 0 Å². The SMILES string of the molecule is [2H]c1c([2H])c([2H])c2c(c1[2H])c1c([2H])c([2H])c([2H])c([2H])c1n2-c1cccc(Nc2cccc3oc4ccc(-c5ccccc5)cc4c23)c1. The van der Waals surface area contributed by atoms with Crippen LogP contribution in [0.25, 0.3) is 60.6 Å². The minimum absolute atomic E-state index is 0.0419. The van der Waals surface area contributed by atoms with E-state index in [0.29, 0.717) is 17.0 Å². The number of furan rings is 1. The molecule has 3 heteroatoms. The van der Waals surface area contributed by atoms with E-state index in [1.54, 1.807) is 18.2 Å². The molecule has 0 atom stereocenters. The molecule has 8 aromatic rings. The quantitative estimate of drug-likeness (QED) is 0.256. The standard InChI is InChI=1S/C36H24N2O/c1-2-10-24(11-3-1)25-20-21-34-30(22-25)36-31(16-9-19-35(36)39-34)37-26-12-8-13-27(23-26)38-32-17-6-4-14-28(32)29-15-5-7-18-33(29)38/h1-23,37H/i4D,5D,6D,7D,14D,15D,17D,18D. The van der Waals surface area contributed by atoms with Crippen molar-refractivity contribution in [1.82, 2.24) is 4.57 Å². The molecule has 3 nitrogen and oxygen atoms in total. The van der Waals surface area contributed by atoms with Gasteiger partial charge in [-0.25, -0.2) is 0 Å². The van der Waals surface area contributed by atoms with Gasteiger partial charge in [0, 0.05) is 27.5 Å². The van der Waals surface area contributed by atoms with Gasteiger partial charge in [-0.3, -0.25) is 0 Å². The molecule has 0 saturated carbocycles. The Morgan fingerprint density at radius 2 is 1.33 bits per heavy atom. The van der Waals surface area contributed by atoms with E-state index >= 15 is 0 Å². The van der Waals surface area contributed by atoms with Crippen LogP contribution in [-0.4, -0.2) is 4.57 Å². The zero-order chi connectivity index (χ0) is 32.7. The zero-order valence-electron chi connectivity index (χ0n) is 28.5. The molecule has 0 radical (unpaired) electrons. The molecule has 1 N–H and O–H groups in total. The summed E-state index contributed by atoms with van der Waals surface area (Å²) in [5.41, 5.74) is 5.65. The molecule has 2 aromatic heterocycles. The third-order valence-electron chi connectivity index (χ3n) is 7.02. The maximum atomic E-state index is 8.80. The number of nitrogens with zero attached hydrogens (tertiary/aromatic N) is 1. The Morgan fingerprint density at radius 1 is 0.590 bits per heavy atom. The Bertz CT molecular complexity index is 2510. The van der Waals surface area contributed by atoms with Crippen molar-refractivity contribution in [2.75, 3.05) is 5.32 Å². The van der Waals surface area contributed by atoms with Crippen molar-refractivity contribution in [3.63, 3.8) is 0 Å². The van der Waals surface area contributed by atoms with Crippen LogP contribution in [0.3, 0.4) is 0 Å². The van der Waals surface area contributed by atoms with Crippen molar-refractivity contribution in [1.29, 1.82) is 0 Å². The fraction of sp³-hybridized carbons (Fsp3) is 0. The summed E-state index contributed by atoms with van der Waals surface area (Å²) in [5, 5.41) is 5.42. The lowest BCUT2D eigenvalue weighted by molar-refractivity contribution is 0.669. The van der Waals surface area contributed by atoms with Gasteiger partial charge in [0.05, 0.1) is 33.1 Å². The van der Waals surface area contributed by atoms with Crippen LogP contribution < -0.4 is 5.32 Å². The number of hydrogen-bond acceptors (Lipinski definition) is 2. The summed E-state index contributed by atoms with van der Waals surface area (Å²) in [5.74, 6) is 0. The zero-order valence-corrected chi connectivity index (χ0v) is 20.5. The van der Waals surface area contributed by atoms with E-state index in [0.717, 1.165) is 33.2 Å². The van der Waals surface area contributed by atoms with Gasteiger partial charge in [0.25, 0.3) is 0 Å². The lowest BCUT2D eigenvalue weighted by Crippen LogP contribution is -1.96. The highest BCUT2D eigenvalue weighted by atomic mass is 16.3. The predicted octanol–water partition coefficient (Wildman–Crippen LogP) is 10.1. The molecule has 2 heterocycles. The summed E-state index contributed by atoms with van der Waals surface area (Å²) in [6.45, 7) is 0. The molecular weight excluding hydrogens is 476 g/mol. The molecular formula is C36H24N2O. The number of aromatic nitrogens is 1. The van der Waals surface area contributed by atoms with Gasteiger partial charge >= 0.3 is 0 Å². The van der Waals surface area contributed by atoms with Gasteiger partial charge in [0.1, 0.15) is 11.2 Å². The number of fused-ring (bicyclic) bond motifs is 6. The van der Waals surface area contributed by atoms with Crippen LogP contribution in [0.1, 0.15) is 11.0 Å². The molecule has 0 aliphatic rings. The number of nitrogens with one attached hydrogen (secondary N) is 1. The summed E-state index contributed by atoms with van der Waals surface area (Å²) >= 11 is 0. The molecule has 39 heavy (non-hydrogen) atoms. The van der Waals surface area contributed by atoms with Crippen LogP contribution in [-0.2, 0) is 0 Å². The Kier molecular flexibility index (Phi) is 3.37. The Balaban J connectivity index is 1.34. The van der Waals surface area contributed by atoms with Gasteiger partial charge in [-0.15, -0.1) is 0 Å². The molecule has 0 spiro atoms. The molecule has 0 fully saturated rings. The summed E-state index contributed by atoms with van der Waals surface area (Å²) in [6, 6.07) is 25.9. The topological polar surface area (TPSA) is 30.1 Å². The van der Waals surface area contributed by atoms with Crippen molar-refractivity contribution in [3.05, 3.63) is 139 Å². The number of benzene rings is 6. The first-order valence-electron chi connectivity index (χ1n) is 16.5. The highest BCUT2D eigenvalue weighted by Gasteiger charge is 2.14. The van der Waals surface area contributed by atoms with E-state index in [1.807, 2.05) is 54.6 Å². The van der Waals surface area contributed by atoms with Crippen LogP contribution in [0.2, 0.25) is 0 Å². The average molecular weight is 509 g/mol. The average Bonchev–Trinajstić information content (AvgIpc) is 3.65. The van der Waals surface area contributed by atoms with Gasteiger partial charge in [-0.2, -0.15) is 0 Å². The van der Waals surface area contributed by atoms with E-state index in [2.05, 4.69) is 23.5 Å². The van der Waals surface area contributed by atoms with Gasteiger partial charge in [0.15, 0.2) is 0 Å². The molecule has 0 bridgehead atoms. The van der Waals surface area contributed by atoms with Crippen LogP contribution in [0.15, 0.2) is 144 Å². The maximum Gasteiger partial charge on any atom is 0.137 e. The highest BCUT2D eigenvalue weighted by Crippen LogP contribution is 2.38. The second-order valence-electron chi connectivity index (χ2n) is 9.32. The second kappa shape index (κ2) is 8.64. The minimum Gasteiger partial charge on any atom is -0.456 e. The lowest BCUT2D eigenvalue weighted by atomic mass is 10.0. The molecule has 0 amide bonds. The van der Waals surface area contributed by atoms with Gasteiger partial charge in [-0.1, -0.05) is 84.8 Å². The number of para-hydroxylation sites is 2. The number of rotatable bonds is 4. The van der Waals surface area contributed by atoms with Crippen molar-refractivity contribution < 1.29 is 15.4 Å². The van der Waals surface area contributed by atoms with Gasteiger partial charge < -0.3 is 14.3 Å². The van der Waals surface area contributed by atoms with Gasteiger partial charge in [-0.05, 0) is 65.7 Å². The summed E-state index contributed by atoms with van der Waals surface area (Å²) in [7, 11) is 0. The molecule has 8 rings (SSSR count). The third-order valence-corrected chi connectivity index (χ3v) is 7.02. The van der Waals surface area contributed by atoms with Crippen molar-refractivity contribution >= 4 is 55.1 Å². The van der Waals surface area contributed by atoms with E-state index in [-0.39, 0.29) is 46.0 Å². The van der Waals surface area contributed by atoms with Crippen LogP contribution in [0.5, 0.6) is 0 Å². The van der Waals surface area contributed by atoms with Crippen molar-refractivity contribution in [3.8, 4) is 16.8 Å². The summed E-state index contributed by atoms with van der Waals surface area (Å²) in [6.07, 6.45) is 0. The fourth-order valence-electron chi connectivity index (χ4n) is 5.30. The first-order valence-corrected chi connectivity index (χ1v) is 12.5. The summed E-state index contributed by atoms with van der Waals surface area (Å²) in [4.78, 5) is 0. The van der Waals surface area contributed by atoms with Gasteiger partial charge in [0.2, 0.25) is 0 Å². The van der Waals surface area contributed by atoms with Crippen LogP contribution in [0.4, 0.5) is 11.4 Å². The Hall–Kier alpha value is -5.28. The van der Waals surface area contributed by atoms with E-state index in [1.165, 1.54) is 4.57 Å². The molecule has 0 saturated heterocycles. The van der Waals surface area contributed by atoms with E-state index in [4.69, 9.17) is 15.4 Å². The highest BCUT2D eigenvalue weighted by molar-refractivity contribution is 6.13. The smallest absolute Gasteiger partial charge is 0.137 e. The molecule has 0 unspecified atom stereocenters. The van der Waals surface area contributed by atoms with E-state index < -0.39 is 24.2 Å². The van der Waals surface area contributed by atoms with Crippen LogP contribution in [0, 0.1) is 0 Å². The lowest BCUT2D eigenvalue weighted by Gasteiger charge is -2.12. The largest absolute Gasteiger partial charge is 0.456 e. The first kappa shape index (κ1) is 15.2. The van der Waals surface area contributed by atoms with Crippen molar-refractivity contribution in [2.45, 2.75) is 0 Å². The van der Waals surface area contributed by atoms with Crippen LogP contribution >= 0.6 is 0 Å². The minimum atomic E-state index is -0.472. The molecule has 6 aromatic carbocycles. The summed E-state index contributed by atoms with van der Waals surface area (Å²) < 4.78 is 76.0. The number of anilines is 2. The Morgan fingerprint density at radius 3 is 2.13 bits per heavy atom. The van der Waals surface area contributed by atoms with E-state index in [9.17, 15) is 0 Å². The molecule has 0 aliphatic heterocycles. The fourth-order valence-corrected chi connectivity index (χ4v) is 5.30. The Labute approximate surface area is 236 Å². The maximum absolute atomic E-state index is 8.80. The second-order valence-corrected chi connectivity index (χ2v) is 9.32.